The molecule has 19 nitrogen and oxygen atoms in total. The molecule has 3 aromatic carbocycles. The summed E-state index contributed by atoms with van der Waals surface area (Å²) < 4.78 is 8.89. The summed E-state index contributed by atoms with van der Waals surface area (Å²) in [7, 11) is 1.84. The second kappa shape index (κ2) is 24.5. The number of carbonyl (C=O) groups is 5. The topological polar surface area (TPSA) is 272 Å². The van der Waals surface area contributed by atoms with Crippen LogP contribution in [-0.2, 0) is 35.6 Å². The minimum Gasteiger partial charge on any atom is -0.445 e. The molecule has 5 amide bonds. The number of nitrogens with zero attached hydrogens (tertiary/aromatic N) is 7. The molecule has 0 saturated heterocycles. The number of carbonyl (C=O) groups excluding carboxylic acids is 5. The van der Waals surface area contributed by atoms with E-state index in [2.05, 4.69) is 36.0 Å². The van der Waals surface area contributed by atoms with Gasteiger partial charge in [0.1, 0.15) is 18.0 Å². The van der Waals surface area contributed by atoms with Gasteiger partial charge in [-0.2, -0.15) is 5.10 Å². The molecule has 0 saturated carbocycles. The lowest BCUT2D eigenvalue weighted by atomic mass is 10.0. The van der Waals surface area contributed by atoms with Crippen LogP contribution in [-0.4, -0.2) is 87.8 Å². The van der Waals surface area contributed by atoms with Crippen LogP contribution in [0.5, 0.6) is 0 Å². The molecular weight excluding hydrogens is 855 g/mol. The third-order valence-electron chi connectivity index (χ3n) is 10.7. The smallest absolute Gasteiger partial charge is 0.407 e. The molecule has 0 fully saturated rings. The monoisotopic (exact) mass is 915 g/mol. The average Bonchev–Trinajstić information content (AvgIpc) is 3.82. The lowest BCUT2D eigenvalue weighted by Crippen LogP contribution is -2.30. The van der Waals surface area contributed by atoms with Crippen molar-refractivity contribution in [2.45, 2.75) is 85.9 Å². The van der Waals surface area contributed by atoms with E-state index in [0.29, 0.717) is 91.8 Å². The molecule has 19 heteroatoms. The van der Waals surface area contributed by atoms with Crippen molar-refractivity contribution >= 4 is 70.1 Å². The van der Waals surface area contributed by atoms with Gasteiger partial charge in [-0.05, 0) is 101 Å². The molecule has 5 aromatic rings. The Balaban J connectivity index is 1.16. The Morgan fingerprint density at radius 1 is 0.910 bits per heavy atom. The molecule has 0 spiro atoms. The van der Waals surface area contributed by atoms with Gasteiger partial charge in [0, 0.05) is 62.2 Å². The molecule has 2 heterocycles. The molecular formula is C48H61N13O6. The summed E-state index contributed by atoms with van der Waals surface area (Å²) in [5, 5.41) is 13.1. The SMILES string of the molecule is CCCn1c(NC(=O)c2c(CCCCCN=C(C=C(C)N)C(=O)NC=Nc3cc(C(N)=O)ccc3N(C)CCCNC(=O)OCc3ccccc3)c(C)nn2CC)nc2cc(C(N)=O)ccc21. The Hall–Kier alpha value is -7.83. The highest BCUT2D eigenvalue weighted by molar-refractivity contribution is 6.44. The number of rotatable bonds is 24. The number of unbranched alkanes of at least 4 members (excludes halogenated alkanes) is 2. The summed E-state index contributed by atoms with van der Waals surface area (Å²) >= 11 is 0. The van der Waals surface area contributed by atoms with Gasteiger partial charge in [-0.15, -0.1) is 0 Å². The van der Waals surface area contributed by atoms with Gasteiger partial charge in [0.25, 0.3) is 11.8 Å². The van der Waals surface area contributed by atoms with Gasteiger partial charge in [-0.1, -0.05) is 43.7 Å². The van der Waals surface area contributed by atoms with Crippen LogP contribution in [0.4, 0.5) is 22.1 Å². The number of fused-ring (bicyclic) bond motifs is 1. The largest absolute Gasteiger partial charge is 0.445 e. The van der Waals surface area contributed by atoms with Crippen LogP contribution >= 0.6 is 0 Å². The Labute approximate surface area is 389 Å². The van der Waals surface area contributed by atoms with E-state index in [0.717, 1.165) is 41.6 Å². The van der Waals surface area contributed by atoms with Crippen molar-refractivity contribution in [1.29, 1.82) is 0 Å². The van der Waals surface area contributed by atoms with Crippen LogP contribution in [0, 0.1) is 6.92 Å². The fourth-order valence-electron chi connectivity index (χ4n) is 7.32. The molecule has 0 radical (unpaired) electrons. The molecule has 0 atom stereocenters. The van der Waals surface area contributed by atoms with E-state index in [9.17, 15) is 24.0 Å². The van der Waals surface area contributed by atoms with Crippen molar-refractivity contribution in [1.82, 2.24) is 30.0 Å². The number of primary amides is 2. The maximum absolute atomic E-state index is 13.9. The van der Waals surface area contributed by atoms with Gasteiger partial charge in [0.2, 0.25) is 17.8 Å². The summed E-state index contributed by atoms with van der Waals surface area (Å²) in [5.74, 6) is -1.68. The number of allylic oxidation sites excluding steroid dienone is 1. The fraction of sp³-hybridized carbons (Fsp3) is 0.354. The molecule has 0 aliphatic rings. The number of aryl methyl sites for hydroxylation is 3. The molecule has 2 aromatic heterocycles. The minimum absolute atomic E-state index is 0.114. The van der Waals surface area contributed by atoms with E-state index in [1.165, 1.54) is 18.5 Å². The third-order valence-corrected chi connectivity index (χ3v) is 10.7. The van der Waals surface area contributed by atoms with Gasteiger partial charge >= 0.3 is 6.09 Å². The second-order valence-corrected chi connectivity index (χ2v) is 15.9. The number of aromatic nitrogens is 4. The van der Waals surface area contributed by atoms with Gasteiger partial charge in [0.05, 0.1) is 34.4 Å². The average molecular weight is 916 g/mol. The van der Waals surface area contributed by atoms with Crippen molar-refractivity contribution in [2.24, 2.45) is 27.2 Å². The number of anilines is 2. The number of hydrogen-bond donors (Lipinski definition) is 6. The molecule has 0 aliphatic heterocycles. The summed E-state index contributed by atoms with van der Waals surface area (Å²) in [6.07, 6.45) is 6.29. The first-order valence-corrected chi connectivity index (χ1v) is 22.3. The first-order valence-electron chi connectivity index (χ1n) is 22.3. The lowest BCUT2D eigenvalue weighted by molar-refractivity contribution is -0.113. The Bertz CT molecular complexity index is 2640. The predicted molar refractivity (Wildman–Crippen MR) is 261 cm³/mol. The number of imidazole rings is 1. The molecule has 0 bridgehead atoms. The Morgan fingerprint density at radius 3 is 2.34 bits per heavy atom. The van der Waals surface area contributed by atoms with Crippen LogP contribution < -0.4 is 38.1 Å². The quantitative estimate of drug-likeness (QED) is 0.0251. The number of amides is 5. The van der Waals surface area contributed by atoms with Crippen molar-refractivity contribution in [2.75, 3.05) is 36.9 Å². The summed E-state index contributed by atoms with van der Waals surface area (Å²) in [6, 6.07) is 19.3. The van der Waals surface area contributed by atoms with E-state index >= 15 is 0 Å². The first-order chi connectivity index (χ1) is 32.2. The van der Waals surface area contributed by atoms with Crippen LogP contribution in [0.25, 0.3) is 11.0 Å². The molecule has 67 heavy (non-hydrogen) atoms. The van der Waals surface area contributed by atoms with E-state index in [4.69, 9.17) is 21.9 Å². The van der Waals surface area contributed by atoms with E-state index in [1.54, 1.807) is 41.9 Å². The number of hydrogen-bond acceptors (Lipinski definition) is 12. The van der Waals surface area contributed by atoms with Crippen LogP contribution in [0.1, 0.15) is 101 Å². The highest BCUT2D eigenvalue weighted by Crippen LogP contribution is 2.29. The number of aliphatic imine (C=N–C) groups is 2. The van der Waals surface area contributed by atoms with Crippen LogP contribution in [0.2, 0.25) is 0 Å². The normalized spacial score (nSPS) is 11.8. The number of alkyl carbamates (subject to hydrolysis) is 1. The molecule has 0 aliphatic carbocycles. The number of ether oxygens (including phenoxy) is 1. The third kappa shape index (κ3) is 14.1. The zero-order chi connectivity index (χ0) is 48.5. The molecule has 9 N–H and O–H groups in total. The maximum Gasteiger partial charge on any atom is 0.407 e. The molecule has 5 rings (SSSR count). The van der Waals surface area contributed by atoms with E-state index in [-0.39, 0.29) is 23.8 Å². The predicted octanol–water partition coefficient (Wildman–Crippen LogP) is 5.67. The number of nitrogens with two attached hydrogens (primary N) is 3. The molecule has 354 valence electrons. The lowest BCUT2D eigenvalue weighted by Gasteiger charge is -2.21. The van der Waals surface area contributed by atoms with Gasteiger partial charge in [-0.3, -0.25) is 34.2 Å². The Morgan fingerprint density at radius 2 is 1.64 bits per heavy atom. The van der Waals surface area contributed by atoms with Crippen molar-refractivity contribution in [3.05, 3.63) is 112 Å². The highest BCUT2D eigenvalue weighted by atomic mass is 16.5. The van der Waals surface area contributed by atoms with Crippen molar-refractivity contribution in [3.8, 4) is 0 Å². The van der Waals surface area contributed by atoms with Gasteiger partial charge in [-0.25, -0.2) is 14.8 Å². The Kier molecular flexibility index (Phi) is 18.3. The molecule has 0 unspecified atom stereocenters. The standard InChI is InChI=1S/C48H61N13O6/c1-6-24-60-41-21-19-35(44(51)63)28-38(41)56-47(60)57-46(65)42-36(32(4)58-61(42)7-2)17-12-9-13-22-52-39(26-31(3)49)45(64)55-30-54-37-27-34(43(50)62)18-20-40(37)59(5)25-14-23-53-48(66)67-29-33-15-10-8-11-16-33/h8,10-11,15-16,18-21,26-28,30H,6-7,9,12-14,17,22-25,29,49H2,1-5H3,(H2,50,62)(H2,51,63)(H,53,66)(H,54,55,64)(H,56,57,65). The van der Waals surface area contributed by atoms with Crippen molar-refractivity contribution in [3.63, 3.8) is 0 Å². The second-order valence-electron chi connectivity index (χ2n) is 15.9. The van der Waals surface area contributed by atoms with Gasteiger partial charge < -0.3 is 42.0 Å². The highest BCUT2D eigenvalue weighted by Gasteiger charge is 2.23. The zero-order valence-corrected chi connectivity index (χ0v) is 38.8. The first kappa shape index (κ1) is 50.2. The minimum atomic E-state index is -0.633. The zero-order valence-electron chi connectivity index (χ0n) is 38.8. The van der Waals surface area contributed by atoms with Gasteiger partial charge in [0.15, 0.2) is 0 Å². The summed E-state index contributed by atoms with van der Waals surface area (Å²) in [5.41, 5.74) is 23.4. The van der Waals surface area contributed by atoms with Crippen LogP contribution in [0.15, 0.2) is 88.5 Å². The summed E-state index contributed by atoms with van der Waals surface area (Å²) in [4.78, 5) is 78.9. The fourth-order valence-corrected chi connectivity index (χ4v) is 7.32. The van der Waals surface area contributed by atoms with E-state index < -0.39 is 23.8 Å². The summed E-state index contributed by atoms with van der Waals surface area (Å²) in [6.45, 7) is 9.98. The number of benzene rings is 3. The van der Waals surface area contributed by atoms with Crippen molar-refractivity contribution < 1.29 is 28.7 Å². The van der Waals surface area contributed by atoms with E-state index in [1.807, 2.05) is 67.6 Å². The maximum atomic E-state index is 13.9. The van der Waals surface area contributed by atoms with Crippen LogP contribution in [0.3, 0.4) is 0 Å². The number of nitrogens with one attached hydrogen (secondary N) is 3.